The van der Waals surface area contributed by atoms with Crippen molar-refractivity contribution in [1.82, 2.24) is 5.32 Å². The van der Waals surface area contributed by atoms with Gasteiger partial charge >= 0.3 is 0 Å². The molecular formula is C18H24N2O. The van der Waals surface area contributed by atoms with Gasteiger partial charge in [0, 0.05) is 12.6 Å². The first kappa shape index (κ1) is 15.5. The van der Waals surface area contributed by atoms with Gasteiger partial charge in [-0.1, -0.05) is 62.2 Å². The number of carbonyl (C=O) groups excluding carboxylic acids is 1. The van der Waals surface area contributed by atoms with Crippen molar-refractivity contribution in [3.05, 3.63) is 48.0 Å². The molecule has 1 amide bonds. The molecule has 21 heavy (non-hydrogen) atoms. The van der Waals surface area contributed by atoms with Gasteiger partial charge in [-0.05, 0) is 22.8 Å². The van der Waals surface area contributed by atoms with E-state index < -0.39 is 0 Å². The Labute approximate surface area is 126 Å². The van der Waals surface area contributed by atoms with Crippen molar-refractivity contribution >= 4 is 16.7 Å². The Morgan fingerprint density at radius 2 is 1.95 bits per heavy atom. The summed E-state index contributed by atoms with van der Waals surface area (Å²) < 4.78 is 0. The Balaban J connectivity index is 2.04. The van der Waals surface area contributed by atoms with Crippen molar-refractivity contribution < 1.29 is 4.79 Å². The molecule has 2 aromatic carbocycles. The van der Waals surface area contributed by atoms with E-state index in [4.69, 9.17) is 5.73 Å². The molecule has 1 unspecified atom stereocenters. The summed E-state index contributed by atoms with van der Waals surface area (Å²) in [6.07, 6.45) is 3.57. The zero-order chi connectivity index (χ0) is 15.1. The number of rotatable bonds is 7. The Morgan fingerprint density at radius 3 is 2.71 bits per heavy atom. The van der Waals surface area contributed by atoms with Crippen LogP contribution in [0, 0.1) is 0 Å². The highest BCUT2D eigenvalue weighted by atomic mass is 16.1. The van der Waals surface area contributed by atoms with Crippen molar-refractivity contribution in [2.45, 2.75) is 38.6 Å². The third-order valence-corrected chi connectivity index (χ3v) is 3.79. The molecule has 0 radical (unpaired) electrons. The minimum absolute atomic E-state index is 0.0536. The SMILES string of the molecule is CCCCC(CN)NC(=O)Cc1cccc2ccccc12. The van der Waals surface area contributed by atoms with E-state index in [1.54, 1.807) is 0 Å². The van der Waals surface area contributed by atoms with Crippen molar-refractivity contribution in [2.24, 2.45) is 5.73 Å². The second kappa shape index (κ2) is 7.79. The lowest BCUT2D eigenvalue weighted by molar-refractivity contribution is -0.121. The fourth-order valence-electron chi connectivity index (χ4n) is 2.60. The molecular weight excluding hydrogens is 260 g/mol. The fourth-order valence-corrected chi connectivity index (χ4v) is 2.60. The van der Waals surface area contributed by atoms with Crippen LogP contribution in [0.25, 0.3) is 10.8 Å². The summed E-state index contributed by atoms with van der Waals surface area (Å²) in [4.78, 5) is 12.2. The zero-order valence-electron chi connectivity index (χ0n) is 12.6. The second-order valence-corrected chi connectivity index (χ2v) is 5.46. The first-order valence-electron chi connectivity index (χ1n) is 7.70. The van der Waals surface area contributed by atoms with Gasteiger partial charge < -0.3 is 11.1 Å². The molecule has 0 aliphatic rings. The standard InChI is InChI=1S/C18H24N2O/c1-2-3-10-16(13-19)20-18(21)12-15-9-6-8-14-7-4-5-11-17(14)15/h4-9,11,16H,2-3,10,12-13,19H2,1H3,(H,20,21). The maximum atomic E-state index is 12.2. The van der Waals surface area contributed by atoms with Crippen LogP contribution in [-0.4, -0.2) is 18.5 Å². The van der Waals surface area contributed by atoms with Crippen molar-refractivity contribution in [3.63, 3.8) is 0 Å². The van der Waals surface area contributed by atoms with Crippen LogP contribution < -0.4 is 11.1 Å². The molecule has 0 bridgehead atoms. The molecule has 0 fully saturated rings. The first-order valence-corrected chi connectivity index (χ1v) is 7.70. The summed E-state index contributed by atoms with van der Waals surface area (Å²) in [7, 11) is 0. The molecule has 0 saturated carbocycles. The maximum Gasteiger partial charge on any atom is 0.224 e. The molecule has 0 saturated heterocycles. The summed E-state index contributed by atoms with van der Waals surface area (Å²) in [5, 5.41) is 5.37. The molecule has 3 heteroatoms. The molecule has 2 aromatic rings. The minimum Gasteiger partial charge on any atom is -0.352 e. The van der Waals surface area contributed by atoms with E-state index in [2.05, 4.69) is 30.4 Å². The number of hydrogen-bond donors (Lipinski definition) is 2. The van der Waals surface area contributed by atoms with Gasteiger partial charge in [0.25, 0.3) is 0 Å². The van der Waals surface area contributed by atoms with E-state index in [-0.39, 0.29) is 11.9 Å². The Kier molecular flexibility index (Phi) is 5.76. The summed E-state index contributed by atoms with van der Waals surface area (Å²) in [6.45, 7) is 2.65. The van der Waals surface area contributed by atoms with Crippen LogP contribution in [0.3, 0.4) is 0 Å². The lowest BCUT2D eigenvalue weighted by atomic mass is 10.0. The summed E-state index contributed by atoms with van der Waals surface area (Å²) in [5.74, 6) is 0.0536. The molecule has 2 rings (SSSR count). The predicted octanol–water partition coefficient (Wildman–Crippen LogP) is 3.02. The van der Waals surface area contributed by atoms with Crippen molar-refractivity contribution in [2.75, 3.05) is 6.54 Å². The number of carbonyl (C=O) groups is 1. The zero-order valence-corrected chi connectivity index (χ0v) is 12.6. The van der Waals surface area contributed by atoms with Crippen LogP contribution in [0.2, 0.25) is 0 Å². The highest BCUT2D eigenvalue weighted by Gasteiger charge is 2.11. The second-order valence-electron chi connectivity index (χ2n) is 5.46. The van der Waals surface area contributed by atoms with E-state index in [0.29, 0.717) is 13.0 Å². The first-order chi connectivity index (χ1) is 10.2. The maximum absolute atomic E-state index is 12.2. The van der Waals surface area contributed by atoms with Crippen LogP contribution in [-0.2, 0) is 11.2 Å². The predicted molar refractivity (Wildman–Crippen MR) is 88.2 cm³/mol. The van der Waals surface area contributed by atoms with Gasteiger partial charge in [0.15, 0.2) is 0 Å². The average molecular weight is 284 g/mol. The number of amides is 1. The van der Waals surface area contributed by atoms with Gasteiger partial charge in [0.1, 0.15) is 0 Å². The summed E-state index contributed by atoms with van der Waals surface area (Å²) in [6, 6.07) is 14.3. The van der Waals surface area contributed by atoms with Crippen LogP contribution in [0.15, 0.2) is 42.5 Å². The van der Waals surface area contributed by atoms with E-state index in [1.165, 1.54) is 5.39 Å². The van der Waals surface area contributed by atoms with Crippen molar-refractivity contribution in [3.8, 4) is 0 Å². The quantitative estimate of drug-likeness (QED) is 0.821. The third kappa shape index (κ3) is 4.30. The number of nitrogens with one attached hydrogen (secondary N) is 1. The number of hydrogen-bond acceptors (Lipinski definition) is 2. The van der Waals surface area contributed by atoms with Crippen LogP contribution >= 0.6 is 0 Å². The van der Waals surface area contributed by atoms with Gasteiger partial charge in [0.05, 0.1) is 6.42 Å². The molecule has 3 N–H and O–H groups in total. The lowest BCUT2D eigenvalue weighted by Gasteiger charge is -2.16. The highest BCUT2D eigenvalue weighted by Crippen LogP contribution is 2.18. The van der Waals surface area contributed by atoms with Gasteiger partial charge in [-0.2, -0.15) is 0 Å². The smallest absolute Gasteiger partial charge is 0.224 e. The van der Waals surface area contributed by atoms with E-state index in [0.717, 1.165) is 30.2 Å². The molecule has 3 nitrogen and oxygen atoms in total. The van der Waals surface area contributed by atoms with E-state index in [1.807, 2.05) is 24.3 Å². The fraction of sp³-hybridized carbons (Fsp3) is 0.389. The third-order valence-electron chi connectivity index (χ3n) is 3.79. The molecule has 112 valence electrons. The van der Waals surface area contributed by atoms with Gasteiger partial charge in [-0.25, -0.2) is 0 Å². The Hall–Kier alpha value is -1.87. The molecule has 0 aliphatic heterocycles. The molecule has 0 heterocycles. The highest BCUT2D eigenvalue weighted by molar-refractivity contribution is 5.90. The Morgan fingerprint density at radius 1 is 1.19 bits per heavy atom. The van der Waals surface area contributed by atoms with Gasteiger partial charge in [0.2, 0.25) is 5.91 Å². The van der Waals surface area contributed by atoms with Crippen LogP contribution in [0.5, 0.6) is 0 Å². The van der Waals surface area contributed by atoms with E-state index in [9.17, 15) is 4.79 Å². The monoisotopic (exact) mass is 284 g/mol. The Bertz CT molecular complexity index is 589. The van der Waals surface area contributed by atoms with Gasteiger partial charge in [-0.3, -0.25) is 4.79 Å². The van der Waals surface area contributed by atoms with Gasteiger partial charge in [-0.15, -0.1) is 0 Å². The molecule has 0 aromatic heterocycles. The lowest BCUT2D eigenvalue weighted by Crippen LogP contribution is -2.40. The van der Waals surface area contributed by atoms with Crippen LogP contribution in [0.4, 0.5) is 0 Å². The van der Waals surface area contributed by atoms with Crippen LogP contribution in [0.1, 0.15) is 31.7 Å². The number of unbranched alkanes of at least 4 members (excludes halogenated alkanes) is 1. The molecule has 0 spiro atoms. The number of fused-ring (bicyclic) bond motifs is 1. The summed E-state index contributed by atoms with van der Waals surface area (Å²) >= 11 is 0. The summed E-state index contributed by atoms with van der Waals surface area (Å²) in [5.41, 5.74) is 6.80. The average Bonchev–Trinajstić information content (AvgIpc) is 2.51. The number of nitrogens with two attached hydrogens (primary N) is 1. The minimum atomic E-state index is 0.0536. The molecule has 1 atom stereocenters. The van der Waals surface area contributed by atoms with E-state index >= 15 is 0 Å². The topological polar surface area (TPSA) is 55.1 Å². The largest absolute Gasteiger partial charge is 0.352 e. The number of benzene rings is 2. The normalized spacial score (nSPS) is 12.3. The molecule has 0 aliphatic carbocycles. The van der Waals surface area contributed by atoms with Crippen molar-refractivity contribution in [1.29, 1.82) is 0 Å².